The Kier molecular flexibility index (Phi) is 6.60. The van der Waals surface area contributed by atoms with Crippen molar-refractivity contribution in [2.45, 2.75) is 45.4 Å². The van der Waals surface area contributed by atoms with Crippen LogP contribution < -0.4 is 10.1 Å². The number of carbonyl (C=O) groups excluding carboxylic acids is 1. The molecule has 2 aromatic heterocycles. The van der Waals surface area contributed by atoms with Crippen LogP contribution in [0.15, 0.2) is 47.1 Å². The molecular weight excluding hydrogens is 392 g/mol. The summed E-state index contributed by atoms with van der Waals surface area (Å²) >= 11 is 0. The number of hydrogen-bond acceptors (Lipinski definition) is 6. The Bertz CT molecular complexity index is 990. The van der Waals surface area contributed by atoms with Crippen molar-refractivity contribution in [3.8, 4) is 17.2 Å². The highest BCUT2D eigenvalue weighted by Crippen LogP contribution is 2.35. The molecule has 1 N–H and O–H groups in total. The van der Waals surface area contributed by atoms with E-state index in [1.54, 1.807) is 12.4 Å². The molecule has 1 aromatic carbocycles. The van der Waals surface area contributed by atoms with Gasteiger partial charge in [0.25, 0.3) is 5.91 Å². The molecule has 0 unspecified atom stereocenters. The summed E-state index contributed by atoms with van der Waals surface area (Å²) in [5.41, 5.74) is 2.92. The van der Waals surface area contributed by atoms with Gasteiger partial charge in [0, 0.05) is 24.9 Å². The second kappa shape index (κ2) is 9.73. The molecule has 7 heteroatoms. The van der Waals surface area contributed by atoms with Crippen LogP contribution in [0.4, 0.5) is 0 Å². The van der Waals surface area contributed by atoms with E-state index in [-0.39, 0.29) is 18.4 Å². The van der Waals surface area contributed by atoms with Gasteiger partial charge in [-0.25, -0.2) is 0 Å². The average molecular weight is 421 g/mol. The van der Waals surface area contributed by atoms with E-state index in [2.05, 4.69) is 20.5 Å². The van der Waals surface area contributed by atoms with Gasteiger partial charge in [0.2, 0.25) is 11.8 Å². The van der Waals surface area contributed by atoms with Crippen LogP contribution in [0, 0.1) is 19.8 Å². The standard InChI is InChI=1S/C24H28N4O3/c1-16-5-3-6-17(2)22(16)30-15-21(29)26-13-18-8-10-19(11-9-18)23-27-28-24(31-23)20-7-4-12-25-14-20/h3-7,12,14,18-19H,8-11,13,15H2,1-2H3,(H,26,29). The molecule has 1 aliphatic carbocycles. The summed E-state index contributed by atoms with van der Waals surface area (Å²) in [7, 11) is 0. The number of hydrogen-bond donors (Lipinski definition) is 1. The minimum atomic E-state index is -0.0807. The third kappa shape index (κ3) is 5.29. The van der Waals surface area contributed by atoms with E-state index in [4.69, 9.17) is 9.15 Å². The average Bonchev–Trinajstić information content (AvgIpc) is 3.29. The van der Waals surface area contributed by atoms with Crippen LogP contribution in [0.3, 0.4) is 0 Å². The highest BCUT2D eigenvalue weighted by Gasteiger charge is 2.26. The van der Waals surface area contributed by atoms with Crippen LogP contribution in [0.25, 0.3) is 11.5 Å². The molecule has 1 fully saturated rings. The normalized spacial score (nSPS) is 18.5. The second-order valence-corrected chi connectivity index (χ2v) is 8.22. The molecule has 0 bridgehead atoms. The van der Waals surface area contributed by atoms with Crippen LogP contribution in [0.2, 0.25) is 0 Å². The highest BCUT2D eigenvalue weighted by atomic mass is 16.5. The maximum absolute atomic E-state index is 12.2. The Morgan fingerprint density at radius 2 is 1.87 bits per heavy atom. The number of benzene rings is 1. The quantitative estimate of drug-likeness (QED) is 0.616. The monoisotopic (exact) mass is 420 g/mol. The third-order valence-electron chi connectivity index (χ3n) is 5.89. The smallest absolute Gasteiger partial charge is 0.257 e. The maximum Gasteiger partial charge on any atom is 0.257 e. The molecule has 1 saturated carbocycles. The Labute approximate surface area is 182 Å². The van der Waals surface area contributed by atoms with E-state index in [0.717, 1.165) is 48.1 Å². The van der Waals surface area contributed by atoms with Crippen molar-refractivity contribution >= 4 is 5.91 Å². The first-order chi connectivity index (χ1) is 15.1. The second-order valence-electron chi connectivity index (χ2n) is 8.22. The summed E-state index contributed by atoms with van der Waals surface area (Å²) in [5, 5.41) is 11.4. The maximum atomic E-state index is 12.2. The van der Waals surface area contributed by atoms with Gasteiger partial charge in [-0.1, -0.05) is 18.2 Å². The number of para-hydroxylation sites is 1. The first kappa shape index (κ1) is 21.0. The van der Waals surface area contributed by atoms with Crippen LogP contribution in [0.5, 0.6) is 5.75 Å². The van der Waals surface area contributed by atoms with E-state index < -0.39 is 0 Å². The zero-order valence-corrected chi connectivity index (χ0v) is 18.0. The van der Waals surface area contributed by atoms with E-state index in [9.17, 15) is 4.79 Å². The van der Waals surface area contributed by atoms with Crippen molar-refractivity contribution in [1.82, 2.24) is 20.5 Å². The van der Waals surface area contributed by atoms with Crippen molar-refractivity contribution < 1.29 is 13.9 Å². The zero-order chi connectivity index (χ0) is 21.6. The van der Waals surface area contributed by atoms with Crippen LogP contribution in [-0.2, 0) is 4.79 Å². The molecule has 0 spiro atoms. The van der Waals surface area contributed by atoms with E-state index >= 15 is 0 Å². The van der Waals surface area contributed by atoms with Crippen molar-refractivity contribution in [3.05, 3.63) is 59.7 Å². The molecule has 162 valence electrons. The number of aryl methyl sites for hydroxylation is 2. The lowest BCUT2D eigenvalue weighted by atomic mass is 9.82. The fourth-order valence-electron chi connectivity index (χ4n) is 4.09. The molecule has 0 radical (unpaired) electrons. The lowest BCUT2D eigenvalue weighted by molar-refractivity contribution is -0.123. The fourth-order valence-corrected chi connectivity index (χ4v) is 4.09. The number of aromatic nitrogens is 3. The Hall–Kier alpha value is -3.22. The first-order valence-corrected chi connectivity index (χ1v) is 10.8. The van der Waals surface area contributed by atoms with Crippen LogP contribution in [0.1, 0.15) is 48.6 Å². The Morgan fingerprint density at radius 1 is 1.10 bits per heavy atom. The van der Waals surface area contributed by atoms with Gasteiger partial charge in [0.15, 0.2) is 6.61 Å². The topological polar surface area (TPSA) is 90.1 Å². The molecule has 0 atom stereocenters. The minimum Gasteiger partial charge on any atom is -0.483 e. The molecule has 4 rings (SSSR count). The van der Waals surface area contributed by atoms with Crippen molar-refractivity contribution in [1.29, 1.82) is 0 Å². The summed E-state index contributed by atoms with van der Waals surface area (Å²) in [6.07, 6.45) is 7.45. The van der Waals surface area contributed by atoms with Gasteiger partial charge in [0.05, 0.1) is 5.56 Å². The van der Waals surface area contributed by atoms with Crippen molar-refractivity contribution in [2.24, 2.45) is 5.92 Å². The summed E-state index contributed by atoms with van der Waals surface area (Å²) in [6, 6.07) is 9.73. The number of carbonyl (C=O) groups is 1. The van der Waals surface area contributed by atoms with Gasteiger partial charge in [-0.2, -0.15) is 0 Å². The molecule has 2 heterocycles. The van der Waals surface area contributed by atoms with Crippen LogP contribution >= 0.6 is 0 Å². The predicted octanol–water partition coefficient (Wildman–Crippen LogP) is 4.22. The number of ether oxygens (including phenoxy) is 1. The summed E-state index contributed by atoms with van der Waals surface area (Å²) in [6.45, 7) is 4.69. The van der Waals surface area contributed by atoms with Crippen molar-refractivity contribution in [2.75, 3.05) is 13.2 Å². The molecule has 0 aliphatic heterocycles. The molecule has 1 aliphatic rings. The zero-order valence-electron chi connectivity index (χ0n) is 18.0. The largest absolute Gasteiger partial charge is 0.483 e. The SMILES string of the molecule is Cc1cccc(C)c1OCC(=O)NCC1CCC(c2nnc(-c3cccnc3)o2)CC1. The lowest BCUT2D eigenvalue weighted by Gasteiger charge is -2.26. The number of nitrogens with one attached hydrogen (secondary N) is 1. The highest BCUT2D eigenvalue weighted by molar-refractivity contribution is 5.77. The number of pyridine rings is 1. The Morgan fingerprint density at radius 3 is 2.58 bits per heavy atom. The van der Waals surface area contributed by atoms with E-state index in [1.165, 1.54) is 0 Å². The molecule has 7 nitrogen and oxygen atoms in total. The van der Waals surface area contributed by atoms with Gasteiger partial charge in [-0.15, -0.1) is 10.2 Å². The first-order valence-electron chi connectivity index (χ1n) is 10.8. The van der Waals surface area contributed by atoms with Gasteiger partial charge in [-0.05, 0) is 68.7 Å². The molecular formula is C24H28N4O3. The predicted molar refractivity (Wildman–Crippen MR) is 117 cm³/mol. The van der Waals surface area contributed by atoms with E-state index in [0.29, 0.717) is 24.2 Å². The van der Waals surface area contributed by atoms with Crippen molar-refractivity contribution in [3.63, 3.8) is 0 Å². The molecule has 1 amide bonds. The van der Waals surface area contributed by atoms with E-state index in [1.807, 2.05) is 44.2 Å². The molecule has 0 saturated heterocycles. The fraction of sp³-hybridized carbons (Fsp3) is 0.417. The van der Waals surface area contributed by atoms with Gasteiger partial charge in [0.1, 0.15) is 5.75 Å². The number of rotatable bonds is 7. The molecule has 31 heavy (non-hydrogen) atoms. The summed E-state index contributed by atoms with van der Waals surface area (Å²) in [5.74, 6) is 2.66. The van der Waals surface area contributed by atoms with Gasteiger partial charge < -0.3 is 14.5 Å². The van der Waals surface area contributed by atoms with Gasteiger partial charge >= 0.3 is 0 Å². The van der Waals surface area contributed by atoms with Gasteiger partial charge in [-0.3, -0.25) is 9.78 Å². The molecule has 3 aromatic rings. The summed E-state index contributed by atoms with van der Waals surface area (Å²) < 4.78 is 11.6. The lowest BCUT2D eigenvalue weighted by Crippen LogP contribution is -2.34. The minimum absolute atomic E-state index is 0.0418. The third-order valence-corrected chi connectivity index (χ3v) is 5.89. The Balaban J connectivity index is 1.21. The van der Waals surface area contributed by atoms with Crippen LogP contribution in [-0.4, -0.2) is 34.2 Å². The summed E-state index contributed by atoms with van der Waals surface area (Å²) in [4.78, 5) is 16.3. The number of amides is 1. The number of nitrogens with zero attached hydrogens (tertiary/aromatic N) is 3.